The second-order valence-electron chi connectivity index (χ2n) is 5.75. The lowest BCUT2D eigenvalue weighted by atomic mass is 9.80. The van der Waals surface area contributed by atoms with E-state index in [0.29, 0.717) is 12.0 Å². The fraction of sp³-hybridized carbons (Fsp3) is 1.00. The molecule has 0 spiro atoms. The molecule has 1 saturated carbocycles. The van der Waals surface area contributed by atoms with Crippen molar-refractivity contribution in [3.05, 3.63) is 0 Å². The van der Waals surface area contributed by atoms with Crippen LogP contribution in [0.5, 0.6) is 0 Å². The number of rotatable bonds is 6. The Bertz CT molecular complexity index is 239. The number of aliphatic hydroxyl groups is 1. The van der Waals surface area contributed by atoms with Gasteiger partial charge in [-0.3, -0.25) is 0 Å². The van der Waals surface area contributed by atoms with Gasteiger partial charge in [-0.05, 0) is 38.6 Å². The summed E-state index contributed by atoms with van der Waals surface area (Å²) in [5, 5.41) is 13.1. The van der Waals surface area contributed by atoms with Gasteiger partial charge in [-0.1, -0.05) is 6.92 Å². The Morgan fingerprint density at radius 3 is 3.00 bits per heavy atom. The normalized spacial score (nSPS) is 37.0. The third-order valence-corrected chi connectivity index (χ3v) is 4.25. The van der Waals surface area contributed by atoms with Crippen LogP contribution in [-0.4, -0.2) is 49.7 Å². The molecule has 3 atom stereocenters. The van der Waals surface area contributed by atoms with Crippen LogP contribution < -0.4 is 5.32 Å². The van der Waals surface area contributed by atoms with Gasteiger partial charge in [-0.2, -0.15) is 0 Å². The molecule has 3 unspecified atom stereocenters. The molecule has 1 aliphatic carbocycles. The Balaban J connectivity index is 1.78. The standard InChI is InChI=1S/C14H27NO3/c1-2-15-14(11-16)6-3-4-13(8-14)18-10-12-5-7-17-9-12/h12-13,15-16H,2-11H2,1H3. The molecule has 4 heteroatoms. The van der Waals surface area contributed by atoms with Gasteiger partial charge in [-0.25, -0.2) is 0 Å². The first-order chi connectivity index (χ1) is 8.78. The van der Waals surface area contributed by atoms with E-state index in [9.17, 15) is 5.11 Å². The molecule has 0 aromatic rings. The molecule has 2 rings (SSSR count). The topological polar surface area (TPSA) is 50.7 Å². The highest BCUT2D eigenvalue weighted by Gasteiger charge is 2.35. The zero-order valence-corrected chi connectivity index (χ0v) is 11.5. The summed E-state index contributed by atoms with van der Waals surface area (Å²) in [6.07, 6.45) is 5.69. The first-order valence-electron chi connectivity index (χ1n) is 7.33. The monoisotopic (exact) mass is 257 g/mol. The molecule has 2 N–H and O–H groups in total. The van der Waals surface area contributed by atoms with E-state index in [-0.39, 0.29) is 12.1 Å². The average molecular weight is 257 g/mol. The quantitative estimate of drug-likeness (QED) is 0.753. The molecule has 0 aromatic carbocycles. The van der Waals surface area contributed by atoms with Crippen molar-refractivity contribution in [2.24, 2.45) is 5.92 Å². The van der Waals surface area contributed by atoms with Gasteiger partial charge in [-0.15, -0.1) is 0 Å². The van der Waals surface area contributed by atoms with E-state index in [4.69, 9.17) is 9.47 Å². The summed E-state index contributed by atoms with van der Waals surface area (Å²) in [5.41, 5.74) is -0.107. The van der Waals surface area contributed by atoms with Gasteiger partial charge in [0.15, 0.2) is 0 Å². The first kappa shape index (κ1) is 14.3. The van der Waals surface area contributed by atoms with Crippen LogP contribution in [0.25, 0.3) is 0 Å². The second kappa shape index (κ2) is 6.85. The van der Waals surface area contributed by atoms with Crippen molar-refractivity contribution in [3.8, 4) is 0 Å². The Kier molecular flexibility index (Phi) is 5.42. The van der Waals surface area contributed by atoms with Crippen LogP contribution in [0.4, 0.5) is 0 Å². The van der Waals surface area contributed by atoms with Crippen molar-refractivity contribution in [2.45, 2.75) is 50.7 Å². The molecule has 0 radical (unpaired) electrons. The average Bonchev–Trinajstić information content (AvgIpc) is 2.90. The van der Waals surface area contributed by atoms with E-state index in [0.717, 1.165) is 58.5 Å². The number of hydrogen-bond donors (Lipinski definition) is 2. The van der Waals surface area contributed by atoms with Gasteiger partial charge in [0.25, 0.3) is 0 Å². The Hall–Kier alpha value is -0.160. The van der Waals surface area contributed by atoms with Crippen molar-refractivity contribution in [3.63, 3.8) is 0 Å². The van der Waals surface area contributed by atoms with Gasteiger partial charge in [0.05, 0.1) is 25.9 Å². The number of nitrogens with one attached hydrogen (secondary N) is 1. The van der Waals surface area contributed by atoms with Crippen LogP contribution in [0.2, 0.25) is 0 Å². The highest BCUT2D eigenvalue weighted by molar-refractivity contribution is 4.93. The molecule has 0 bridgehead atoms. The SMILES string of the molecule is CCNC1(CO)CCCC(OCC2CCOC2)C1. The molecule has 0 aromatic heterocycles. The fourth-order valence-corrected chi connectivity index (χ4v) is 3.17. The Morgan fingerprint density at radius 1 is 1.44 bits per heavy atom. The van der Waals surface area contributed by atoms with Crippen LogP contribution in [0.1, 0.15) is 39.0 Å². The molecule has 2 aliphatic rings. The van der Waals surface area contributed by atoms with E-state index >= 15 is 0 Å². The maximum absolute atomic E-state index is 9.63. The lowest BCUT2D eigenvalue weighted by Gasteiger charge is -2.40. The fourth-order valence-electron chi connectivity index (χ4n) is 3.17. The zero-order valence-electron chi connectivity index (χ0n) is 11.5. The van der Waals surface area contributed by atoms with Crippen molar-refractivity contribution in [2.75, 3.05) is 33.0 Å². The smallest absolute Gasteiger partial charge is 0.0614 e. The summed E-state index contributed by atoms with van der Waals surface area (Å²) in [7, 11) is 0. The Morgan fingerprint density at radius 2 is 2.33 bits per heavy atom. The maximum atomic E-state index is 9.63. The van der Waals surface area contributed by atoms with Crippen molar-refractivity contribution >= 4 is 0 Å². The lowest BCUT2D eigenvalue weighted by molar-refractivity contribution is -0.0291. The summed E-state index contributed by atoms with van der Waals surface area (Å²) in [5.74, 6) is 0.578. The molecule has 4 nitrogen and oxygen atoms in total. The number of ether oxygens (including phenoxy) is 2. The van der Waals surface area contributed by atoms with E-state index in [1.165, 1.54) is 0 Å². The molecule has 106 valence electrons. The summed E-state index contributed by atoms with van der Waals surface area (Å²) in [6.45, 7) is 5.77. The maximum Gasteiger partial charge on any atom is 0.0614 e. The Labute approximate surface area is 110 Å². The number of hydrogen-bond acceptors (Lipinski definition) is 4. The molecule has 2 fully saturated rings. The summed E-state index contributed by atoms with van der Waals surface area (Å²) in [4.78, 5) is 0. The van der Waals surface area contributed by atoms with Crippen LogP contribution in [0, 0.1) is 5.92 Å². The van der Waals surface area contributed by atoms with E-state index in [1.807, 2.05) is 0 Å². The predicted octanol–water partition coefficient (Wildman–Crippen LogP) is 1.32. The van der Waals surface area contributed by atoms with E-state index < -0.39 is 0 Å². The molecule has 1 heterocycles. The zero-order chi connectivity index (χ0) is 12.8. The second-order valence-corrected chi connectivity index (χ2v) is 5.75. The van der Waals surface area contributed by atoms with Crippen molar-refractivity contribution in [1.29, 1.82) is 0 Å². The first-order valence-corrected chi connectivity index (χ1v) is 7.33. The van der Waals surface area contributed by atoms with Gasteiger partial charge in [0.2, 0.25) is 0 Å². The largest absolute Gasteiger partial charge is 0.394 e. The van der Waals surface area contributed by atoms with Crippen LogP contribution in [-0.2, 0) is 9.47 Å². The molecular weight excluding hydrogens is 230 g/mol. The molecule has 1 aliphatic heterocycles. The number of aliphatic hydroxyl groups excluding tert-OH is 1. The van der Waals surface area contributed by atoms with Crippen molar-refractivity contribution < 1.29 is 14.6 Å². The summed E-state index contributed by atoms with van der Waals surface area (Å²) < 4.78 is 11.4. The van der Waals surface area contributed by atoms with Gasteiger partial charge in [0.1, 0.15) is 0 Å². The minimum Gasteiger partial charge on any atom is -0.394 e. The van der Waals surface area contributed by atoms with Crippen molar-refractivity contribution in [1.82, 2.24) is 5.32 Å². The van der Waals surface area contributed by atoms with Crippen LogP contribution >= 0.6 is 0 Å². The van der Waals surface area contributed by atoms with E-state index in [1.54, 1.807) is 0 Å². The summed E-state index contributed by atoms with van der Waals surface area (Å²) >= 11 is 0. The van der Waals surface area contributed by atoms with E-state index in [2.05, 4.69) is 12.2 Å². The predicted molar refractivity (Wildman–Crippen MR) is 70.6 cm³/mol. The van der Waals surface area contributed by atoms with Gasteiger partial charge in [0, 0.05) is 18.1 Å². The van der Waals surface area contributed by atoms with Gasteiger partial charge >= 0.3 is 0 Å². The highest BCUT2D eigenvalue weighted by Crippen LogP contribution is 2.30. The third-order valence-electron chi connectivity index (χ3n) is 4.25. The van der Waals surface area contributed by atoms with Gasteiger partial charge < -0.3 is 19.9 Å². The molecule has 1 saturated heterocycles. The highest BCUT2D eigenvalue weighted by atomic mass is 16.5. The van der Waals surface area contributed by atoms with Crippen LogP contribution in [0.3, 0.4) is 0 Å². The molecular formula is C14H27NO3. The lowest BCUT2D eigenvalue weighted by Crippen LogP contribution is -2.53. The third kappa shape index (κ3) is 3.67. The number of likely N-dealkylation sites (N-methyl/N-ethyl adjacent to an activating group) is 1. The minimum absolute atomic E-state index is 0.107. The van der Waals surface area contributed by atoms with Crippen LogP contribution in [0.15, 0.2) is 0 Å². The molecule has 0 amide bonds. The summed E-state index contributed by atoms with van der Waals surface area (Å²) in [6, 6.07) is 0. The molecule has 18 heavy (non-hydrogen) atoms. The minimum atomic E-state index is -0.107.